The second kappa shape index (κ2) is 10.2. The van der Waals surface area contributed by atoms with Crippen LogP contribution in [0, 0.1) is 24.7 Å². The summed E-state index contributed by atoms with van der Waals surface area (Å²) in [4.78, 5) is 36.4. The van der Waals surface area contributed by atoms with Gasteiger partial charge in [-0.2, -0.15) is 0 Å². The van der Waals surface area contributed by atoms with Crippen molar-refractivity contribution in [3.05, 3.63) is 101 Å². The Bertz CT molecular complexity index is 1700. The maximum Gasteiger partial charge on any atom is 0.266 e. The second-order valence-electron chi connectivity index (χ2n) is 9.11. The Morgan fingerprint density at radius 3 is 2.71 bits per heavy atom. The first-order chi connectivity index (χ1) is 18.4. The van der Waals surface area contributed by atoms with Gasteiger partial charge in [0.2, 0.25) is 0 Å². The third-order valence-corrected chi connectivity index (χ3v) is 6.23. The molecule has 1 aliphatic carbocycles. The van der Waals surface area contributed by atoms with Crippen molar-refractivity contribution in [3.8, 4) is 17.5 Å². The van der Waals surface area contributed by atoms with Gasteiger partial charge in [0.1, 0.15) is 11.4 Å². The third kappa shape index (κ3) is 4.72. The predicted octanol–water partition coefficient (Wildman–Crippen LogP) is 3.64. The van der Waals surface area contributed by atoms with Crippen LogP contribution < -0.4 is 16.6 Å². The Labute approximate surface area is 219 Å². The fraction of sp³-hybridized carbons (Fsp3) is 0.207. The molecular weight excluding hydrogens is 478 g/mol. The van der Waals surface area contributed by atoms with Gasteiger partial charge in [-0.25, -0.2) is 14.5 Å². The van der Waals surface area contributed by atoms with Crippen LogP contribution in [0.25, 0.3) is 16.9 Å². The van der Waals surface area contributed by atoms with Crippen molar-refractivity contribution in [1.82, 2.24) is 29.5 Å². The van der Waals surface area contributed by atoms with E-state index in [1.807, 2.05) is 30.3 Å². The minimum Gasteiger partial charge on any atom is -0.381 e. The highest BCUT2D eigenvalue weighted by atomic mass is 16.2. The first-order valence-electron chi connectivity index (χ1n) is 12.3. The lowest BCUT2D eigenvalue weighted by molar-refractivity contribution is 0.0940. The van der Waals surface area contributed by atoms with Crippen LogP contribution in [0.5, 0.6) is 0 Å². The zero-order valence-electron chi connectivity index (χ0n) is 21.2. The first-order valence-corrected chi connectivity index (χ1v) is 12.3. The summed E-state index contributed by atoms with van der Waals surface area (Å²) in [5, 5.41) is 7.09. The highest BCUT2D eigenvalue weighted by molar-refractivity contribution is 6.04. The van der Waals surface area contributed by atoms with Crippen molar-refractivity contribution >= 4 is 22.9 Å². The number of carbonyl (C=O) groups is 1. The van der Waals surface area contributed by atoms with E-state index in [1.165, 1.54) is 9.08 Å². The number of benzene rings is 1. The van der Waals surface area contributed by atoms with E-state index < -0.39 is 11.9 Å². The van der Waals surface area contributed by atoms with Crippen molar-refractivity contribution in [2.45, 2.75) is 32.7 Å². The summed E-state index contributed by atoms with van der Waals surface area (Å²) in [5.74, 6) is 6.72. The summed E-state index contributed by atoms with van der Waals surface area (Å²) in [6, 6.07) is 10.2. The number of anilines is 1. The average Bonchev–Trinajstić information content (AvgIpc) is 3.67. The van der Waals surface area contributed by atoms with E-state index in [4.69, 9.17) is 10.7 Å². The smallest absolute Gasteiger partial charge is 0.266 e. The number of allylic oxidation sites excluding steroid dienone is 3. The number of amides is 1. The normalized spacial score (nSPS) is 14.0. The van der Waals surface area contributed by atoms with E-state index in [0.717, 1.165) is 12.8 Å². The predicted molar refractivity (Wildman–Crippen MR) is 147 cm³/mol. The van der Waals surface area contributed by atoms with Gasteiger partial charge in [-0.15, -0.1) is 5.10 Å². The van der Waals surface area contributed by atoms with Crippen LogP contribution in [-0.4, -0.2) is 30.1 Å². The largest absolute Gasteiger partial charge is 0.381 e. The van der Waals surface area contributed by atoms with Crippen LogP contribution in [0.2, 0.25) is 0 Å². The van der Waals surface area contributed by atoms with E-state index in [-0.39, 0.29) is 16.9 Å². The Kier molecular flexibility index (Phi) is 6.62. The number of nitrogen functional groups attached to an aromatic ring is 1. The number of hydrogen-bond donors (Lipinski definition) is 2. The van der Waals surface area contributed by atoms with E-state index in [0.29, 0.717) is 39.9 Å². The number of hydrogen-bond acceptors (Lipinski definition) is 6. The topological polar surface area (TPSA) is 120 Å². The van der Waals surface area contributed by atoms with Gasteiger partial charge in [0.05, 0.1) is 23.0 Å². The molecule has 1 fully saturated rings. The summed E-state index contributed by atoms with van der Waals surface area (Å²) < 4.78 is 2.96. The number of fused-ring (bicyclic) bond motifs is 1. The van der Waals surface area contributed by atoms with Crippen molar-refractivity contribution in [2.75, 3.05) is 5.73 Å². The molecule has 190 valence electrons. The van der Waals surface area contributed by atoms with Crippen molar-refractivity contribution in [2.24, 2.45) is 5.92 Å². The van der Waals surface area contributed by atoms with Gasteiger partial charge in [0, 0.05) is 23.9 Å². The highest BCUT2D eigenvalue weighted by Gasteiger charge is 2.26. The van der Waals surface area contributed by atoms with Crippen LogP contribution >= 0.6 is 0 Å². The Balaban J connectivity index is 1.61. The molecule has 1 aliphatic rings. The molecule has 9 heteroatoms. The molecule has 0 radical (unpaired) electrons. The van der Waals surface area contributed by atoms with Crippen molar-refractivity contribution in [3.63, 3.8) is 0 Å². The van der Waals surface area contributed by atoms with Gasteiger partial charge in [0.25, 0.3) is 11.5 Å². The highest BCUT2D eigenvalue weighted by Crippen LogP contribution is 2.28. The fourth-order valence-corrected chi connectivity index (χ4v) is 4.24. The molecule has 3 heterocycles. The van der Waals surface area contributed by atoms with Gasteiger partial charge in [0.15, 0.2) is 11.5 Å². The molecule has 1 aromatic carbocycles. The molecule has 1 atom stereocenters. The van der Waals surface area contributed by atoms with Crippen LogP contribution in [-0.2, 0) is 0 Å². The number of rotatable bonds is 6. The molecule has 0 saturated heterocycles. The van der Waals surface area contributed by atoms with E-state index in [9.17, 15) is 9.59 Å². The molecule has 3 N–H and O–H groups in total. The average molecular weight is 506 g/mol. The minimum absolute atomic E-state index is 0.0572. The lowest BCUT2D eigenvalue weighted by Gasteiger charge is -2.21. The van der Waals surface area contributed by atoms with Gasteiger partial charge in [-0.3, -0.25) is 14.2 Å². The second-order valence-corrected chi connectivity index (χ2v) is 9.11. The van der Waals surface area contributed by atoms with E-state index in [1.54, 1.807) is 44.5 Å². The monoisotopic (exact) mass is 505 g/mol. The Hall–Kier alpha value is -4.97. The summed E-state index contributed by atoms with van der Waals surface area (Å²) >= 11 is 0. The lowest BCUT2D eigenvalue weighted by Crippen LogP contribution is -2.35. The quantitative estimate of drug-likeness (QED) is 0.305. The van der Waals surface area contributed by atoms with Crippen LogP contribution in [0.4, 0.5) is 5.82 Å². The standard InChI is InChI=1S/C29H27N7O2/c1-4-9-21(15-14-20-12-13-20)23-18(2)32-26(36(29(23)38)22-10-6-5-7-11-22)19(3)33-28(37)24-25(30)34-35-17-8-16-31-27(24)35/h4-11,16-17,19-20H,1,12-13H2,2-3H3,(H2,30,34)(H,33,37)/b21-9-. The number of carbonyl (C=O) groups excluding carboxylic acids is 1. The van der Waals surface area contributed by atoms with Gasteiger partial charge in [-0.1, -0.05) is 42.7 Å². The SMILES string of the molecule is C=C/C=C(/C#CC1CC1)c1c(C)nc(C(C)NC(=O)c2c(N)nn3cccnc23)n(-c2ccccc2)c1=O. The first kappa shape index (κ1) is 24.7. The molecule has 38 heavy (non-hydrogen) atoms. The maximum absolute atomic E-state index is 14.1. The minimum atomic E-state index is -0.661. The van der Waals surface area contributed by atoms with E-state index in [2.05, 4.69) is 33.8 Å². The molecule has 0 spiro atoms. The number of aryl methyl sites for hydroxylation is 1. The summed E-state index contributed by atoms with van der Waals surface area (Å²) in [6.45, 7) is 7.33. The maximum atomic E-state index is 14.1. The number of aromatic nitrogens is 5. The summed E-state index contributed by atoms with van der Waals surface area (Å²) in [5.41, 5.74) is 8.35. The molecule has 1 amide bonds. The molecule has 1 saturated carbocycles. The number of nitrogens with two attached hydrogens (primary N) is 1. The Morgan fingerprint density at radius 1 is 1.24 bits per heavy atom. The molecule has 9 nitrogen and oxygen atoms in total. The zero-order valence-corrected chi connectivity index (χ0v) is 21.2. The van der Waals surface area contributed by atoms with Crippen molar-refractivity contribution < 1.29 is 4.79 Å². The molecule has 1 unspecified atom stereocenters. The molecular formula is C29H27N7O2. The van der Waals surface area contributed by atoms with Crippen LogP contribution in [0.15, 0.2) is 72.3 Å². The summed E-state index contributed by atoms with van der Waals surface area (Å²) in [7, 11) is 0. The zero-order chi connectivity index (χ0) is 26.8. The lowest BCUT2D eigenvalue weighted by atomic mass is 10.0. The molecule has 5 rings (SSSR count). The van der Waals surface area contributed by atoms with Gasteiger partial charge in [-0.05, 0) is 51.0 Å². The van der Waals surface area contributed by atoms with Gasteiger partial charge < -0.3 is 11.1 Å². The third-order valence-electron chi connectivity index (χ3n) is 6.23. The number of nitrogens with one attached hydrogen (secondary N) is 1. The van der Waals surface area contributed by atoms with Gasteiger partial charge >= 0.3 is 0 Å². The van der Waals surface area contributed by atoms with E-state index >= 15 is 0 Å². The molecule has 3 aromatic heterocycles. The molecule has 0 aliphatic heterocycles. The summed E-state index contributed by atoms with van der Waals surface area (Å²) in [6.07, 6.45) is 8.73. The number of nitrogens with zero attached hydrogens (tertiary/aromatic N) is 5. The van der Waals surface area contributed by atoms with Crippen LogP contribution in [0.1, 0.15) is 53.2 Å². The van der Waals surface area contributed by atoms with Crippen LogP contribution in [0.3, 0.4) is 0 Å². The van der Waals surface area contributed by atoms with Crippen molar-refractivity contribution in [1.29, 1.82) is 0 Å². The fourth-order valence-electron chi connectivity index (χ4n) is 4.24. The molecule has 4 aromatic rings. The Morgan fingerprint density at radius 2 is 2.00 bits per heavy atom. The number of para-hydroxylation sites is 1. The molecule has 0 bridgehead atoms.